The Hall–Kier alpha value is -0.830. The molecule has 1 saturated carbocycles. The third-order valence-electron chi connectivity index (χ3n) is 5.09. The molecule has 1 aliphatic rings. The summed E-state index contributed by atoms with van der Waals surface area (Å²) in [6.07, 6.45) is 0. The van der Waals surface area contributed by atoms with E-state index in [0.717, 1.165) is 22.1 Å². The van der Waals surface area contributed by atoms with E-state index in [4.69, 9.17) is 0 Å². The minimum atomic E-state index is 0.0166. The van der Waals surface area contributed by atoms with Crippen molar-refractivity contribution in [2.45, 2.75) is 34.6 Å². The molecule has 0 saturated heterocycles. The largest absolute Gasteiger partial charge is 0.352 e. The fourth-order valence-electron chi connectivity index (χ4n) is 3.01. The van der Waals surface area contributed by atoms with Gasteiger partial charge in [0.15, 0.2) is 0 Å². The van der Waals surface area contributed by atoms with Crippen molar-refractivity contribution < 1.29 is 4.79 Å². The minimum absolute atomic E-state index is 0.0166. The van der Waals surface area contributed by atoms with Gasteiger partial charge in [-0.05, 0) is 47.4 Å². The molecule has 2 nitrogen and oxygen atoms in total. The van der Waals surface area contributed by atoms with E-state index in [9.17, 15) is 4.79 Å². The van der Waals surface area contributed by atoms with E-state index >= 15 is 0 Å². The number of carbonyl (C=O) groups is 1. The van der Waals surface area contributed by atoms with Crippen LogP contribution in [0.1, 0.15) is 43.6 Å². The zero-order chi connectivity index (χ0) is 14.4. The highest BCUT2D eigenvalue weighted by atomic mass is 79.9. The van der Waals surface area contributed by atoms with Crippen LogP contribution in [0.15, 0.2) is 22.7 Å². The first-order valence-corrected chi connectivity index (χ1v) is 7.51. The normalized spacial score (nSPS) is 20.1. The van der Waals surface area contributed by atoms with Gasteiger partial charge < -0.3 is 5.32 Å². The maximum absolute atomic E-state index is 12.2. The second-order valence-corrected chi connectivity index (χ2v) is 7.64. The number of rotatable bonds is 3. The molecule has 19 heavy (non-hydrogen) atoms. The lowest BCUT2D eigenvalue weighted by atomic mass is 10.0. The minimum Gasteiger partial charge on any atom is -0.352 e. The van der Waals surface area contributed by atoms with Crippen LogP contribution in [-0.2, 0) is 0 Å². The van der Waals surface area contributed by atoms with E-state index in [2.05, 4.69) is 48.9 Å². The Bertz CT molecular complexity index is 485. The molecule has 1 fully saturated rings. The van der Waals surface area contributed by atoms with Crippen LogP contribution in [0.3, 0.4) is 0 Å². The summed E-state index contributed by atoms with van der Waals surface area (Å²) < 4.78 is 0.949. The summed E-state index contributed by atoms with van der Waals surface area (Å²) >= 11 is 3.43. The molecule has 0 radical (unpaired) electrons. The Kier molecular flexibility index (Phi) is 3.54. The van der Waals surface area contributed by atoms with Crippen LogP contribution in [-0.4, -0.2) is 12.5 Å². The first kappa shape index (κ1) is 14.6. The summed E-state index contributed by atoms with van der Waals surface area (Å²) in [7, 11) is 0. The Labute approximate surface area is 124 Å². The lowest BCUT2D eigenvalue weighted by Gasteiger charge is -2.08. The third-order valence-corrected chi connectivity index (χ3v) is 5.55. The summed E-state index contributed by atoms with van der Waals surface area (Å²) in [4.78, 5) is 12.2. The summed E-state index contributed by atoms with van der Waals surface area (Å²) in [6.45, 7) is 11.8. The number of aryl methyl sites for hydroxylation is 1. The lowest BCUT2D eigenvalue weighted by molar-refractivity contribution is 0.0949. The molecule has 1 aromatic carbocycles. The molecule has 0 aliphatic heterocycles. The Balaban J connectivity index is 2.00. The number of benzene rings is 1. The summed E-state index contributed by atoms with van der Waals surface area (Å²) in [5.41, 5.74) is 2.44. The molecule has 0 spiro atoms. The number of nitrogens with one attached hydrogen (secondary N) is 1. The SMILES string of the molecule is Cc1cc(Br)cc(C(=O)NCC2C(C)(C)C2(C)C)c1. The molecule has 0 heterocycles. The van der Waals surface area contributed by atoms with Crippen molar-refractivity contribution in [2.24, 2.45) is 16.7 Å². The van der Waals surface area contributed by atoms with Crippen LogP contribution in [0.5, 0.6) is 0 Å². The van der Waals surface area contributed by atoms with Crippen LogP contribution in [0.25, 0.3) is 0 Å². The lowest BCUT2D eigenvalue weighted by Crippen LogP contribution is -2.27. The van der Waals surface area contributed by atoms with Crippen LogP contribution in [0.4, 0.5) is 0 Å². The average Bonchev–Trinajstić information content (AvgIpc) is 2.65. The summed E-state index contributed by atoms with van der Waals surface area (Å²) in [6, 6.07) is 5.79. The predicted octanol–water partition coefficient (Wildman–Crippen LogP) is 4.17. The van der Waals surface area contributed by atoms with E-state index in [-0.39, 0.29) is 5.91 Å². The van der Waals surface area contributed by atoms with Gasteiger partial charge >= 0.3 is 0 Å². The van der Waals surface area contributed by atoms with Crippen LogP contribution < -0.4 is 5.32 Å². The molecular formula is C16H22BrNO. The fraction of sp³-hybridized carbons (Fsp3) is 0.562. The standard InChI is InChI=1S/C16H22BrNO/c1-10-6-11(8-12(17)7-10)14(19)18-9-13-15(2,3)16(13,4)5/h6-8,13H,9H2,1-5H3,(H,18,19). The second-order valence-electron chi connectivity index (χ2n) is 6.72. The molecule has 1 amide bonds. The Morgan fingerprint density at radius 1 is 1.21 bits per heavy atom. The molecule has 0 aromatic heterocycles. The molecule has 1 N–H and O–H groups in total. The van der Waals surface area contributed by atoms with Crippen LogP contribution >= 0.6 is 15.9 Å². The number of amides is 1. The van der Waals surface area contributed by atoms with E-state index in [1.165, 1.54) is 0 Å². The van der Waals surface area contributed by atoms with Crippen molar-refractivity contribution in [3.8, 4) is 0 Å². The van der Waals surface area contributed by atoms with Crippen LogP contribution in [0, 0.1) is 23.7 Å². The molecule has 104 valence electrons. The molecular weight excluding hydrogens is 302 g/mol. The highest BCUT2D eigenvalue weighted by Crippen LogP contribution is 2.67. The molecule has 1 aromatic rings. The van der Waals surface area contributed by atoms with Crippen molar-refractivity contribution in [1.82, 2.24) is 5.32 Å². The number of halogens is 1. The van der Waals surface area contributed by atoms with Crippen molar-refractivity contribution in [3.63, 3.8) is 0 Å². The van der Waals surface area contributed by atoms with Gasteiger partial charge in [-0.3, -0.25) is 4.79 Å². The van der Waals surface area contributed by atoms with E-state index in [1.807, 2.05) is 25.1 Å². The topological polar surface area (TPSA) is 29.1 Å². The number of hydrogen-bond donors (Lipinski definition) is 1. The van der Waals surface area contributed by atoms with Gasteiger partial charge in [-0.2, -0.15) is 0 Å². The van der Waals surface area contributed by atoms with Gasteiger partial charge in [0.25, 0.3) is 5.91 Å². The van der Waals surface area contributed by atoms with E-state index in [1.54, 1.807) is 0 Å². The van der Waals surface area contributed by atoms with Crippen LogP contribution in [0.2, 0.25) is 0 Å². The maximum Gasteiger partial charge on any atom is 0.251 e. The fourth-order valence-corrected chi connectivity index (χ4v) is 3.62. The first-order valence-electron chi connectivity index (χ1n) is 6.71. The number of carbonyl (C=O) groups excluding carboxylic acids is 1. The van der Waals surface area contributed by atoms with Crippen molar-refractivity contribution >= 4 is 21.8 Å². The molecule has 3 heteroatoms. The molecule has 2 rings (SSSR count). The Morgan fingerprint density at radius 3 is 2.26 bits per heavy atom. The zero-order valence-electron chi connectivity index (χ0n) is 12.3. The first-order chi connectivity index (χ1) is 8.66. The molecule has 0 unspecified atom stereocenters. The molecule has 0 atom stereocenters. The van der Waals surface area contributed by atoms with Gasteiger partial charge in [-0.15, -0.1) is 0 Å². The maximum atomic E-state index is 12.2. The van der Waals surface area contributed by atoms with E-state index in [0.29, 0.717) is 16.7 Å². The van der Waals surface area contributed by atoms with Gasteiger partial charge in [0, 0.05) is 16.6 Å². The van der Waals surface area contributed by atoms with E-state index < -0.39 is 0 Å². The smallest absolute Gasteiger partial charge is 0.251 e. The molecule has 1 aliphatic carbocycles. The van der Waals surface area contributed by atoms with Gasteiger partial charge in [0.1, 0.15) is 0 Å². The average molecular weight is 324 g/mol. The van der Waals surface area contributed by atoms with Gasteiger partial charge in [-0.1, -0.05) is 43.6 Å². The summed E-state index contributed by atoms with van der Waals surface area (Å²) in [5.74, 6) is 0.570. The van der Waals surface area contributed by atoms with Crippen molar-refractivity contribution in [3.05, 3.63) is 33.8 Å². The summed E-state index contributed by atoms with van der Waals surface area (Å²) in [5, 5.41) is 3.07. The third kappa shape index (κ3) is 2.58. The molecule has 0 bridgehead atoms. The van der Waals surface area contributed by atoms with Gasteiger partial charge in [-0.25, -0.2) is 0 Å². The van der Waals surface area contributed by atoms with Gasteiger partial charge in [0.05, 0.1) is 0 Å². The highest BCUT2D eigenvalue weighted by molar-refractivity contribution is 9.10. The quantitative estimate of drug-likeness (QED) is 0.888. The van der Waals surface area contributed by atoms with Crippen molar-refractivity contribution in [1.29, 1.82) is 0 Å². The number of hydrogen-bond acceptors (Lipinski definition) is 1. The monoisotopic (exact) mass is 323 g/mol. The van der Waals surface area contributed by atoms with Crippen molar-refractivity contribution in [2.75, 3.05) is 6.54 Å². The highest BCUT2D eigenvalue weighted by Gasteiger charge is 2.64. The second kappa shape index (κ2) is 4.62. The van der Waals surface area contributed by atoms with Gasteiger partial charge in [0.2, 0.25) is 0 Å². The Morgan fingerprint density at radius 2 is 1.79 bits per heavy atom. The predicted molar refractivity (Wildman–Crippen MR) is 82.3 cm³/mol. The zero-order valence-corrected chi connectivity index (χ0v) is 13.9.